The number of aromatic amines is 1. The summed E-state index contributed by atoms with van der Waals surface area (Å²) in [4.78, 5) is 15.5. The lowest BCUT2D eigenvalue weighted by Gasteiger charge is -2.13. The fraction of sp³-hybridized carbons (Fsp3) is 0.0870. The van der Waals surface area contributed by atoms with Crippen molar-refractivity contribution in [3.05, 3.63) is 71.2 Å². The molecule has 138 valence electrons. The van der Waals surface area contributed by atoms with Crippen LogP contribution >= 0.6 is 0 Å². The Morgan fingerprint density at radius 3 is 2.50 bits per heavy atom. The summed E-state index contributed by atoms with van der Waals surface area (Å²) >= 11 is 0. The van der Waals surface area contributed by atoms with Gasteiger partial charge in [0.25, 0.3) is 0 Å². The quantitative estimate of drug-likeness (QED) is 0.478. The van der Waals surface area contributed by atoms with Gasteiger partial charge < -0.3 is 18.9 Å². The lowest BCUT2D eigenvalue weighted by molar-refractivity contribution is 0.356. The molecule has 2 heterocycles. The van der Waals surface area contributed by atoms with Crippen molar-refractivity contribution in [3.8, 4) is 22.6 Å². The van der Waals surface area contributed by atoms with Crippen LogP contribution in [0.15, 0.2) is 70.2 Å². The molecule has 0 fully saturated rings. The van der Waals surface area contributed by atoms with Crippen LogP contribution in [-0.4, -0.2) is 19.2 Å². The second kappa shape index (κ2) is 6.16. The van der Waals surface area contributed by atoms with Crippen LogP contribution in [0.25, 0.3) is 43.8 Å². The van der Waals surface area contributed by atoms with Gasteiger partial charge in [-0.05, 0) is 52.7 Å². The van der Waals surface area contributed by atoms with Gasteiger partial charge in [0.2, 0.25) is 0 Å². The molecule has 0 amide bonds. The third-order valence-electron chi connectivity index (χ3n) is 5.11. The fourth-order valence-corrected chi connectivity index (χ4v) is 3.77. The van der Waals surface area contributed by atoms with Gasteiger partial charge >= 0.3 is 0 Å². The van der Waals surface area contributed by atoms with E-state index in [-0.39, 0.29) is 5.43 Å². The molecule has 3 aromatic carbocycles. The molecule has 0 aliphatic rings. The highest BCUT2D eigenvalue weighted by molar-refractivity contribution is 6.12. The predicted octanol–water partition coefficient (Wildman–Crippen LogP) is 5.11. The van der Waals surface area contributed by atoms with Crippen molar-refractivity contribution < 1.29 is 13.9 Å². The minimum absolute atomic E-state index is 0.0224. The SMILES string of the molecule is COc1cc2cc3ccoc3c(-c3ccc4[nH]ccc(=O)c4c3)c2cc1OC. The summed E-state index contributed by atoms with van der Waals surface area (Å²) in [6.45, 7) is 0. The van der Waals surface area contributed by atoms with Crippen LogP contribution < -0.4 is 14.9 Å². The molecule has 1 N–H and O–H groups in total. The number of H-pyrrole nitrogens is 1. The highest BCUT2D eigenvalue weighted by atomic mass is 16.5. The van der Waals surface area contributed by atoms with Crippen molar-refractivity contribution in [3.63, 3.8) is 0 Å². The first-order chi connectivity index (χ1) is 13.7. The molecule has 5 aromatic rings. The largest absolute Gasteiger partial charge is 0.493 e. The highest BCUT2D eigenvalue weighted by Gasteiger charge is 2.16. The summed E-state index contributed by atoms with van der Waals surface area (Å²) in [5.41, 5.74) is 3.37. The Kier molecular flexibility index (Phi) is 3.62. The number of benzene rings is 3. The zero-order valence-electron chi connectivity index (χ0n) is 15.4. The molecule has 0 aliphatic carbocycles. The number of ether oxygens (including phenoxy) is 2. The Labute approximate surface area is 160 Å². The Bertz CT molecular complexity index is 1410. The summed E-state index contributed by atoms with van der Waals surface area (Å²) in [5, 5.41) is 3.59. The van der Waals surface area contributed by atoms with Crippen molar-refractivity contribution in [1.29, 1.82) is 0 Å². The Morgan fingerprint density at radius 1 is 0.857 bits per heavy atom. The maximum atomic E-state index is 12.3. The first-order valence-electron chi connectivity index (χ1n) is 8.87. The van der Waals surface area contributed by atoms with Gasteiger partial charge in [-0.2, -0.15) is 0 Å². The van der Waals surface area contributed by atoms with Gasteiger partial charge in [0.05, 0.1) is 20.5 Å². The Hall–Kier alpha value is -3.73. The molecule has 0 bridgehead atoms. The predicted molar refractivity (Wildman–Crippen MR) is 110 cm³/mol. The number of aromatic nitrogens is 1. The molecule has 0 atom stereocenters. The number of nitrogens with one attached hydrogen (secondary N) is 1. The smallest absolute Gasteiger partial charge is 0.189 e. The van der Waals surface area contributed by atoms with E-state index in [1.807, 2.05) is 36.4 Å². The molecule has 0 radical (unpaired) electrons. The topological polar surface area (TPSA) is 64.5 Å². The summed E-state index contributed by atoms with van der Waals surface area (Å²) in [5.74, 6) is 1.31. The Balaban J connectivity index is 1.92. The lowest BCUT2D eigenvalue weighted by Crippen LogP contribution is -2.00. The van der Waals surface area contributed by atoms with E-state index in [0.29, 0.717) is 16.9 Å². The standard InChI is InChI=1S/C23H17NO4/c1-26-20-11-15-9-14-6-8-28-23(14)22(16(15)12-21(20)27-2)13-3-4-18-17(10-13)19(25)5-7-24-18/h3-12H,1-2H3,(H,24,25). The van der Waals surface area contributed by atoms with Gasteiger partial charge in [-0.25, -0.2) is 0 Å². The molecule has 28 heavy (non-hydrogen) atoms. The monoisotopic (exact) mass is 371 g/mol. The van der Waals surface area contributed by atoms with Crippen molar-refractivity contribution >= 4 is 32.6 Å². The van der Waals surface area contributed by atoms with E-state index in [0.717, 1.165) is 38.4 Å². The zero-order valence-corrected chi connectivity index (χ0v) is 15.4. The number of furan rings is 1. The van der Waals surface area contributed by atoms with Crippen molar-refractivity contribution in [1.82, 2.24) is 4.98 Å². The van der Waals surface area contributed by atoms with Crippen LogP contribution in [0.2, 0.25) is 0 Å². The van der Waals surface area contributed by atoms with Gasteiger partial charge in [0, 0.05) is 34.1 Å². The summed E-state index contributed by atoms with van der Waals surface area (Å²) < 4.78 is 16.8. The normalized spacial score (nSPS) is 11.4. The molecule has 5 heteroatoms. The first-order valence-corrected chi connectivity index (χ1v) is 8.87. The minimum atomic E-state index is -0.0224. The van der Waals surface area contributed by atoms with E-state index in [9.17, 15) is 4.79 Å². The number of hydrogen-bond acceptors (Lipinski definition) is 4. The lowest BCUT2D eigenvalue weighted by atomic mass is 9.94. The van der Waals surface area contributed by atoms with Crippen LogP contribution in [0.1, 0.15) is 0 Å². The van der Waals surface area contributed by atoms with E-state index in [1.165, 1.54) is 6.07 Å². The number of methoxy groups -OCH3 is 2. The van der Waals surface area contributed by atoms with Crippen molar-refractivity contribution in [2.45, 2.75) is 0 Å². The molecule has 5 nitrogen and oxygen atoms in total. The van der Waals surface area contributed by atoms with Crippen LogP contribution in [0.5, 0.6) is 11.5 Å². The second-order valence-electron chi connectivity index (χ2n) is 6.62. The van der Waals surface area contributed by atoms with E-state index in [4.69, 9.17) is 13.9 Å². The molecule has 0 aliphatic heterocycles. The van der Waals surface area contributed by atoms with E-state index < -0.39 is 0 Å². The van der Waals surface area contributed by atoms with Gasteiger partial charge in [-0.15, -0.1) is 0 Å². The minimum Gasteiger partial charge on any atom is -0.493 e. The third kappa shape index (κ3) is 2.36. The van der Waals surface area contributed by atoms with Crippen molar-refractivity contribution in [2.75, 3.05) is 14.2 Å². The molecule has 5 rings (SSSR count). The van der Waals surface area contributed by atoms with Crippen LogP contribution in [0.4, 0.5) is 0 Å². The molecule has 0 saturated heterocycles. The summed E-state index contributed by atoms with van der Waals surface area (Å²) in [6.07, 6.45) is 3.33. The average molecular weight is 371 g/mol. The average Bonchev–Trinajstić information content (AvgIpc) is 3.19. The zero-order chi connectivity index (χ0) is 19.3. The highest BCUT2D eigenvalue weighted by Crippen LogP contribution is 2.42. The van der Waals surface area contributed by atoms with E-state index in [2.05, 4.69) is 11.1 Å². The van der Waals surface area contributed by atoms with Crippen LogP contribution in [-0.2, 0) is 0 Å². The number of rotatable bonds is 3. The molecule has 0 unspecified atom stereocenters. The van der Waals surface area contributed by atoms with E-state index >= 15 is 0 Å². The van der Waals surface area contributed by atoms with Gasteiger partial charge in [0.1, 0.15) is 5.58 Å². The summed E-state index contributed by atoms with van der Waals surface area (Å²) in [6, 6.07) is 15.2. The van der Waals surface area contributed by atoms with Gasteiger partial charge in [0.15, 0.2) is 16.9 Å². The van der Waals surface area contributed by atoms with Crippen molar-refractivity contribution in [2.24, 2.45) is 0 Å². The Morgan fingerprint density at radius 2 is 1.68 bits per heavy atom. The maximum absolute atomic E-state index is 12.3. The van der Waals surface area contributed by atoms with Crippen LogP contribution in [0, 0.1) is 0 Å². The molecular weight excluding hydrogens is 354 g/mol. The number of hydrogen-bond donors (Lipinski definition) is 1. The number of fused-ring (bicyclic) bond motifs is 3. The second-order valence-corrected chi connectivity index (χ2v) is 6.62. The molecule has 0 spiro atoms. The number of pyridine rings is 1. The van der Waals surface area contributed by atoms with Crippen LogP contribution in [0.3, 0.4) is 0 Å². The molecular formula is C23H17NO4. The maximum Gasteiger partial charge on any atom is 0.189 e. The van der Waals surface area contributed by atoms with Gasteiger partial charge in [-0.3, -0.25) is 4.79 Å². The summed E-state index contributed by atoms with van der Waals surface area (Å²) in [7, 11) is 3.24. The molecule has 0 saturated carbocycles. The first kappa shape index (κ1) is 16.4. The molecule has 2 aromatic heterocycles. The van der Waals surface area contributed by atoms with E-state index in [1.54, 1.807) is 26.7 Å². The third-order valence-corrected chi connectivity index (χ3v) is 5.11. The van der Waals surface area contributed by atoms with Gasteiger partial charge in [-0.1, -0.05) is 6.07 Å². The fourth-order valence-electron chi connectivity index (χ4n) is 3.77.